The summed E-state index contributed by atoms with van der Waals surface area (Å²) in [6.45, 7) is 4.22. The number of β-amino-alcohol motifs (C(OH)–C–C–N with tert-alkyl or cyclic N) is 1. The Morgan fingerprint density at radius 1 is 1.21 bits per heavy atom. The van der Waals surface area contributed by atoms with E-state index in [2.05, 4.69) is 5.32 Å². The van der Waals surface area contributed by atoms with E-state index in [1.54, 1.807) is 6.07 Å². The molecule has 0 spiro atoms. The molecule has 1 saturated heterocycles. The number of likely N-dealkylation sites (tertiary alicyclic amines) is 1. The number of carbonyl (C=O) groups excluding carboxylic acids is 2. The Kier molecular flexibility index (Phi) is 5.15. The maximum atomic E-state index is 12.9. The number of fused-ring (bicyclic) bond motifs is 3. The number of aliphatic hydroxyl groups is 1. The highest BCUT2D eigenvalue weighted by molar-refractivity contribution is 6.07. The zero-order valence-electron chi connectivity index (χ0n) is 16.4. The summed E-state index contributed by atoms with van der Waals surface area (Å²) in [5.74, 6) is -0.162. The third kappa shape index (κ3) is 3.91. The van der Waals surface area contributed by atoms with Gasteiger partial charge in [-0.2, -0.15) is 0 Å². The molecular formula is C22H24N2O5. The van der Waals surface area contributed by atoms with Crippen LogP contribution in [0.1, 0.15) is 20.3 Å². The molecule has 1 aliphatic rings. The molecule has 1 fully saturated rings. The third-order valence-corrected chi connectivity index (χ3v) is 5.00. The molecule has 1 aliphatic heterocycles. The lowest BCUT2D eigenvalue weighted by Crippen LogP contribution is -2.43. The smallest absolute Gasteiger partial charge is 0.410 e. The lowest BCUT2D eigenvalue weighted by molar-refractivity contribution is -0.120. The quantitative estimate of drug-likeness (QED) is 0.701. The number of benzene rings is 2. The van der Waals surface area contributed by atoms with E-state index in [0.717, 1.165) is 21.9 Å². The van der Waals surface area contributed by atoms with Gasteiger partial charge in [-0.3, -0.25) is 9.69 Å². The number of anilines is 1. The molecule has 1 aromatic heterocycles. The summed E-state index contributed by atoms with van der Waals surface area (Å²) in [7, 11) is 0. The molecule has 2 aromatic carbocycles. The molecule has 7 heteroatoms. The van der Waals surface area contributed by atoms with Crippen molar-refractivity contribution in [2.75, 3.05) is 18.5 Å². The lowest BCUT2D eigenvalue weighted by atomic mass is 10.1. The summed E-state index contributed by atoms with van der Waals surface area (Å²) >= 11 is 0. The van der Waals surface area contributed by atoms with Crippen LogP contribution < -0.4 is 5.32 Å². The maximum absolute atomic E-state index is 12.9. The predicted octanol–water partition coefficient (Wildman–Crippen LogP) is 3.75. The number of furan rings is 1. The first kappa shape index (κ1) is 19.3. The topological polar surface area (TPSA) is 92.0 Å². The van der Waals surface area contributed by atoms with Crippen LogP contribution in [0.15, 0.2) is 46.9 Å². The first-order valence-electron chi connectivity index (χ1n) is 9.76. The van der Waals surface area contributed by atoms with Crippen LogP contribution in [0.25, 0.3) is 21.9 Å². The van der Waals surface area contributed by atoms with Crippen molar-refractivity contribution in [2.24, 2.45) is 5.92 Å². The van der Waals surface area contributed by atoms with Crippen LogP contribution in [-0.4, -0.2) is 47.3 Å². The van der Waals surface area contributed by atoms with Crippen molar-refractivity contribution in [3.8, 4) is 0 Å². The standard InChI is InChI=1S/C22H24N2O5/c1-13(2)12-28-22(27)24-11-15(25)10-18(24)21(26)23-14-7-8-20-17(9-14)16-5-3-4-6-19(16)29-20/h3-9,13,15,18,25H,10-12H2,1-2H3,(H,23,26). The predicted molar refractivity (Wildman–Crippen MR) is 110 cm³/mol. The molecule has 0 bridgehead atoms. The van der Waals surface area contributed by atoms with Gasteiger partial charge in [-0.15, -0.1) is 0 Å². The number of carbonyl (C=O) groups is 2. The van der Waals surface area contributed by atoms with Crippen LogP contribution in [0.4, 0.5) is 10.5 Å². The second kappa shape index (κ2) is 7.75. The van der Waals surface area contributed by atoms with Crippen molar-refractivity contribution in [2.45, 2.75) is 32.4 Å². The fourth-order valence-electron chi connectivity index (χ4n) is 3.61. The van der Waals surface area contributed by atoms with Gasteiger partial charge in [0.1, 0.15) is 17.2 Å². The fourth-order valence-corrected chi connectivity index (χ4v) is 3.61. The van der Waals surface area contributed by atoms with E-state index in [4.69, 9.17) is 9.15 Å². The van der Waals surface area contributed by atoms with Gasteiger partial charge in [-0.1, -0.05) is 32.0 Å². The SMILES string of the molecule is CC(C)COC(=O)N1CC(O)CC1C(=O)Nc1ccc2oc3ccccc3c2c1. The number of ether oxygens (including phenoxy) is 1. The van der Waals surface area contributed by atoms with E-state index in [9.17, 15) is 14.7 Å². The van der Waals surface area contributed by atoms with Crippen LogP contribution in [0.5, 0.6) is 0 Å². The second-order valence-electron chi connectivity index (χ2n) is 7.83. The Labute approximate surface area is 168 Å². The van der Waals surface area contributed by atoms with Gasteiger partial charge < -0.3 is 19.6 Å². The Morgan fingerprint density at radius 2 is 1.97 bits per heavy atom. The summed E-state index contributed by atoms with van der Waals surface area (Å²) in [6.07, 6.45) is -1.15. The number of aliphatic hydroxyl groups excluding tert-OH is 1. The van der Waals surface area contributed by atoms with Gasteiger partial charge in [0.2, 0.25) is 5.91 Å². The summed E-state index contributed by atoms with van der Waals surface area (Å²) in [5.41, 5.74) is 2.12. The number of nitrogens with zero attached hydrogens (tertiary/aromatic N) is 1. The van der Waals surface area contributed by atoms with Gasteiger partial charge in [-0.05, 0) is 30.2 Å². The average molecular weight is 396 g/mol. The van der Waals surface area contributed by atoms with Gasteiger partial charge in [0, 0.05) is 22.9 Å². The Hall–Kier alpha value is -3.06. The molecule has 3 aromatic rings. The van der Waals surface area contributed by atoms with Crippen molar-refractivity contribution >= 4 is 39.6 Å². The molecule has 2 atom stereocenters. The molecule has 2 unspecified atom stereocenters. The molecule has 152 valence electrons. The Bertz CT molecular complexity index is 1060. The lowest BCUT2D eigenvalue weighted by Gasteiger charge is -2.23. The minimum absolute atomic E-state index is 0.0837. The van der Waals surface area contributed by atoms with Crippen LogP contribution >= 0.6 is 0 Å². The van der Waals surface area contributed by atoms with E-state index >= 15 is 0 Å². The molecule has 2 heterocycles. The Morgan fingerprint density at radius 3 is 2.76 bits per heavy atom. The van der Waals surface area contributed by atoms with Crippen LogP contribution in [-0.2, 0) is 9.53 Å². The molecule has 7 nitrogen and oxygen atoms in total. The summed E-state index contributed by atoms with van der Waals surface area (Å²) in [6, 6.07) is 12.3. The van der Waals surface area contributed by atoms with Crippen LogP contribution in [0.2, 0.25) is 0 Å². The molecule has 29 heavy (non-hydrogen) atoms. The highest BCUT2D eigenvalue weighted by atomic mass is 16.6. The maximum Gasteiger partial charge on any atom is 0.410 e. The van der Waals surface area contributed by atoms with Crippen LogP contribution in [0, 0.1) is 5.92 Å². The number of rotatable bonds is 4. The molecule has 4 rings (SSSR count). The minimum Gasteiger partial charge on any atom is -0.456 e. The number of hydrogen-bond donors (Lipinski definition) is 2. The van der Waals surface area contributed by atoms with Gasteiger partial charge in [0.25, 0.3) is 0 Å². The highest BCUT2D eigenvalue weighted by Crippen LogP contribution is 2.31. The van der Waals surface area contributed by atoms with E-state index < -0.39 is 18.2 Å². The average Bonchev–Trinajstić information content (AvgIpc) is 3.26. The molecule has 2 N–H and O–H groups in total. The Balaban J connectivity index is 1.53. The molecule has 0 radical (unpaired) electrons. The molecular weight excluding hydrogens is 372 g/mol. The normalized spacial score (nSPS) is 19.2. The van der Waals surface area contributed by atoms with E-state index in [1.807, 2.05) is 50.2 Å². The number of amides is 2. The van der Waals surface area contributed by atoms with Crippen molar-refractivity contribution in [3.05, 3.63) is 42.5 Å². The van der Waals surface area contributed by atoms with Gasteiger partial charge in [0.05, 0.1) is 19.3 Å². The van der Waals surface area contributed by atoms with E-state index in [0.29, 0.717) is 5.69 Å². The summed E-state index contributed by atoms with van der Waals surface area (Å²) in [4.78, 5) is 26.5. The fraction of sp³-hybridized carbons (Fsp3) is 0.364. The largest absolute Gasteiger partial charge is 0.456 e. The van der Waals surface area contributed by atoms with E-state index in [1.165, 1.54) is 4.90 Å². The van der Waals surface area contributed by atoms with Gasteiger partial charge in [-0.25, -0.2) is 4.79 Å². The van der Waals surface area contributed by atoms with E-state index in [-0.39, 0.29) is 31.4 Å². The number of nitrogens with one attached hydrogen (secondary N) is 1. The summed E-state index contributed by atoms with van der Waals surface area (Å²) in [5, 5.41) is 14.7. The first-order valence-corrected chi connectivity index (χ1v) is 9.76. The monoisotopic (exact) mass is 396 g/mol. The summed E-state index contributed by atoms with van der Waals surface area (Å²) < 4.78 is 11.1. The third-order valence-electron chi connectivity index (χ3n) is 5.00. The highest BCUT2D eigenvalue weighted by Gasteiger charge is 2.40. The zero-order valence-corrected chi connectivity index (χ0v) is 16.4. The van der Waals surface area contributed by atoms with Crippen molar-refractivity contribution in [1.29, 1.82) is 0 Å². The number of para-hydroxylation sites is 1. The van der Waals surface area contributed by atoms with Crippen LogP contribution in [0.3, 0.4) is 0 Å². The minimum atomic E-state index is -0.776. The molecule has 0 aliphatic carbocycles. The van der Waals surface area contributed by atoms with Crippen molar-refractivity contribution in [1.82, 2.24) is 4.90 Å². The zero-order chi connectivity index (χ0) is 20.5. The molecule has 2 amide bonds. The van der Waals surface area contributed by atoms with Gasteiger partial charge >= 0.3 is 6.09 Å². The van der Waals surface area contributed by atoms with Crippen molar-refractivity contribution < 1.29 is 23.8 Å². The van der Waals surface area contributed by atoms with Crippen molar-refractivity contribution in [3.63, 3.8) is 0 Å². The first-order chi connectivity index (χ1) is 13.9. The molecule has 0 saturated carbocycles. The van der Waals surface area contributed by atoms with Gasteiger partial charge in [0.15, 0.2) is 0 Å². The second-order valence-corrected chi connectivity index (χ2v) is 7.83. The number of hydrogen-bond acceptors (Lipinski definition) is 5.